The van der Waals surface area contributed by atoms with E-state index in [4.69, 9.17) is 0 Å². The fourth-order valence-electron chi connectivity index (χ4n) is 2.89. The van der Waals surface area contributed by atoms with Gasteiger partial charge in [0, 0.05) is 11.4 Å². The largest absolute Gasteiger partial charge is 0.312 e. The van der Waals surface area contributed by atoms with Crippen molar-refractivity contribution in [3.8, 4) is 0 Å². The monoisotopic (exact) mass is 365 g/mol. The molecule has 3 rings (SSSR count). The minimum absolute atomic E-state index is 0.310. The SMILES string of the molecule is CSc1ccccc1CNCCP(c1ccccc1)c1ccccc1. The molecule has 25 heavy (non-hydrogen) atoms. The topological polar surface area (TPSA) is 12.0 Å². The van der Waals surface area contributed by atoms with Gasteiger partial charge >= 0.3 is 0 Å². The molecular weight excluding hydrogens is 341 g/mol. The molecule has 0 aliphatic rings. The maximum atomic E-state index is 3.65. The normalized spacial score (nSPS) is 11.0. The molecule has 0 radical (unpaired) electrons. The molecule has 3 heteroatoms. The van der Waals surface area contributed by atoms with Gasteiger partial charge in [-0.1, -0.05) is 78.9 Å². The van der Waals surface area contributed by atoms with Crippen molar-refractivity contribution in [3.05, 3.63) is 90.5 Å². The first-order valence-corrected chi connectivity index (χ1v) is 11.3. The number of rotatable bonds is 8. The maximum absolute atomic E-state index is 3.65. The second kappa shape index (κ2) is 9.77. The average molecular weight is 365 g/mol. The van der Waals surface area contributed by atoms with Crippen LogP contribution in [0.1, 0.15) is 5.56 Å². The van der Waals surface area contributed by atoms with Crippen LogP contribution in [0.2, 0.25) is 0 Å². The molecule has 0 unspecified atom stereocenters. The molecule has 0 aromatic heterocycles. The van der Waals surface area contributed by atoms with Gasteiger partial charge in [-0.2, -0.15) is 0 Å². The third kappa shape index (κ3) is 5.19. The molecule has 3 aromatic rings. The van der Waals surface area contributed by atoms with Crippen LogP contribution < -0.4 is 15.9 Å². The minimum atomic E-state index is -0.310. The van der Waals surface area contributed by atoms with Crippen LogP contribution in [0.15, 0.2) is 89.8 Å². The van der Waals surface area contributed by atoms with Crippen LogP contribution in [0.3, 0.4) is 0 Å². The second-order valence-corrected chi connectivity index (χ2v) is 9.00. The first kappa shape index (κ1) is 18.2. The Kier molecular flexibility index (Phi) is 7.11. The van der Waals surface area contributed by atoms with Gasteiger partial charge in [-0.05, 0) is 49.1 Å². The van der Waals surface area contributed by atoms with Crippen molar-refractivity contribution in [2.24, 2.45) is 0 Å². The van der Waals surface area contributed by atoms with Crippen LogP contribution in [0.25, 0.3) is 0 Å². The summed E-state index contributed by atoms with van der Waals surface area (Å²) >= 11 is 1.82. The summed E-state index contributed by atoms with van der Waals surface area (Å²) in [5.74, 6) is 0. The standard InChI is InChI=1S/C22H24NPS/c1-25-22-15-9-8-10-19(22)18-23-16-17-24(20-11-4-2-5-12-20)21-13-6-3-7-14-21/h2-15,23H,16-18H2,1H3. The van der Waals surface area contributed by atoms with E-state index in [0.717, 1.165) is 19.3 Å². The van der Waals surface area contributed by atoms with E-state index in [1.165, 1.54) is 21.1 Å². The summed E-state index contributed by atoms with van der Waals surface area (Å²) in [4.78, 5) is 1.36. The third-order valence-corrected chi connectivity index (χ3v) is 7.51. The van der Waals surface area contributed by atoms with Crippen LogP contribution >= 0.6 is 19.7 Å². The number of hydrogen-bond donors (Lipinski definition) is 1. The molecule has 0 fully saturated rings. The lowest BCUT2D eigenvalue weighted by molar-refractivity contribution is 0.722. The van der Waals surface area contributed by atoms with E-state index in [0.29, 0.717) is 0 Å². The summed E-state index contributed by atoms with van der Waals surface area (Å²) in [7, 11) is -0.310. The Morgan fingerprint density at radius 2 is 1.32 bits per heavy atom. The van der Waals surface area contributed by atoms with Crippen LogP contribution in [0, 0.1) is 0 Å². The van der Waals surface area contributed by atoms with Crippen LogP contribution in [0.4, 0.5) is 0 Å². The van der Waals surface area contributed by atoms with E-state index < -0.39 is 0 Å². The van der Waals surface area contributed by atoms with Crippen molar-refractivity contribution in [3.63, 3.8) is 0 Å². The van der Waals surface area contributed by atoms with Crippen LogP contribution in [-0.4, -0.2) is 19.0 Å². The van der Waals surface area contributed by atoms with Gasteiger partial charge in [0.2, 0.25) is 0 Å². The Morgan fingerprint density at radius 3 is 1.92 bits per heavy atom. The van der Waals surface area contributed by atoms with Gasteiger partial charge in [-0.25, -0.2) is 0 Å². The zero-order valence-electron chi connectivity index (χ0n) is 14.6. The van der Waals surface area contributed by atoms with Gasteiger partial charge in [-0.3, -0.25) is 0 Å². The number of nitrogens with one attached hydrogen (secondary N) is 1. The lowest BCUT2D eigenvalue weighted by Crippen LogP contribution is -2.22. The summed E-state index contributed by atoms with van der Waals surface area (Å²) in [6.07, 6.45) is 3.30. The first-order valence-electron chi connectivity index (χ1n) is 8.59. The molecule has 0 saturated carbocycles. The summed E-state index contributed by atoms with van der Waals surface area (Å²) in [5.41, 5.74) is 1.39. The molecule has 0 aliphatic carbocycles. The predicted octanol–water partition coefficient (Wildman–Crippen LogP) is 4.63. The van der Waals surface area contributed by atoms with Gasteiger partial charge in [-0.15, -0.1) is 11.8 Å². The van der Waals surface area contributed by atoms with E-state index in [-0.39, 0.29) is 7.92 Å². The lowest BCUT2D eigenvalue weighted by Gasteiger charge is -2.19. The number of hydrogen-bond acceptors (Lipinski definition) is 2. The van der Waals surface area contributed by atoms with Gasteiger partial charge < -0.3 is 5.32 Å². The molecule has 3 aromatic carbocycles. The maximum Gasteiger partial charge on any atom is 0.0216 e. The highest BCUT2D eigenvalue weighted by molar-refractivity contribution is 7.98. The highest BCUT2D eigenvalue weighted by atomic mass is 32.2. The molecule has 1 N–H and O–H groups in total. The quantitative estimate of drug-likeness (QED) is 0.355. The van der Waals surface area contributed by atoms with Crippen LogP contribution in [-0.2, 0) is 6.54 Å². The average Bonchev–Trinajstić information content (AvgIpc) is 2.69. The second-order valence-electron chi connectivity index (χ2n) is 5.81. The zero-order chi connectivity index (χ0) is 17.3. The van der Waals surface area contributed by atoms with Crippen molar-refractivity contribution >= 4 is 30.3 Å². The van der Waals surface area contributed by atoms with E-state index in [1.807, 2.05) is 11.8 Å². The van der Waals surface area contributed by atoms with Gasteiger partial charge in [0.25, 0.3) is 0 Å². The van der Waals surface area contributed by atoms with Crippen molar-refractivity contribution in [2.45, 2.75) is 11.4 Å². The van der Waals surface area contributed by atoms with Crippen molar-refractivity contribution in [1.29, 1.82) is 0 Å². The Morgan fingerprint density at radius 1 is 0.760 bits per heavy atom. The Labute approximate surface area is 156 Å². The molecule has 0 spiro atoms. The molecule has 0 heterocycles. The summed E-state index contributed by atoms with van der Waals surface area (Å²) in [6.45, 7) is 1.96. The zero-order valence-corrected chi connectivity index (χ0v) is 16.3. The van der Waals surface area contributed by atoms with E-state index in [1.54, 1.807) is 0 Å². The van der Waals surface area contributed by atoms with Crippen molar-refractivity contribution in [2.75, 3.05) is 19.0 Å². The predicted molar refractivity (Wildman–Crippen MR) is 114 cm³/mol. The van der Waals surface area contributed by atoms with Gasteiger partial charge in [0.1, 0.15) is 0 Å². The molecule has 0 saturated heterocycles. The smallest absolute Gasteiger partial charge is 0.0216 e. The Hall–Kier alpha value is -1.60. The molecular formula is C22H24NPS. The van der Waals surface area contributed by atoms with Gasteiger partial charge in [0.15, 0.2) is 0 Å². The van der Waals surface area contributed by atoms with Crippen molar-refractivity contribution < 1.29 is 0 Å². The fourth-order valence-corrected chi connectivity index (χ4v) is 5.76. The molecule has 0 atom stereocenters. The lowest BCUT2D eigenvalue weighted by atomic mass is 10.2. The highest BCUT2D eigenvalue weighted by Crippen LogP contribution is 2.32. The molecule has 1 nitrogen and oxygen atoms in total. The molecule has 0 amide bonds. The Balaban J connectivity index is 1.64. The Bertz CT molecular complexity index is 722. The fraction of sp³-hybridized carbons (Fsp3) is 0.182. The summed E-state index contributed by atoms with van der Waals surface area (Å²) < 4.78 is 0. The van der Waals surface area contributed by atoms with E-state index in [2.05, 4.69) is 96.5 Å². The van der Waals surface area contributed by atoms with E-state index >= 15 is 0 Å². The van der Waals surface area contributed by atoms with Gasteiger partial charge in [0.05, 0.1) is 0 Å². The first-order chi connectivity index (χ1) is 12.4. The van der Waals surface area contributed by atoms with Crippen molar-refractivity contribution in [1.82, 2.24) is 5.32 Å². The number of thioether (sulfide) groups is 1. The molecule has 128 valence electrons. The summed E-state index contributed by atoms with van der Waals surface area (Å²) in [6, 6.07) is 30.5. The van der Waals surface area contributed by atoms with Crippen LogP contribution in [0.5, 0.6) is 0 Å². The minimum Gasteiger partial charge on any atom is -0.312 e. The van der Waals surface area contributed by atoms with E-state index in [9.17, 15) is 0 Å². The third-order valence-electron chi connectivity index (χ3n) is 4.16. The summed E-state index contributed by atoms with van der Waals surface area (Å²) in [5, 5.41) is 6.56. The number of benzene rings is 3. The highest BCUT2D eigenvalue weighted by Gasteiger charge is 2.12. The molecule has 0 bridgehead atoms. The molecule has 0 aliphatic heterocycles.